The van der Waals surface area contributed by atoms with Gasteiger partial charge >= 0.3 is 0 Å². The average Bonchev–Trinajstić information content (AvgIpc) is 3.44. The van der Waals surface area contributed by atoms with Crippen LogP contribution in [-0.4, -0.2) is 30.9 Å². The second-order valence-corrected chi connectivity index (χ2v) is 8.50. The van der Waals surface area contributed by atoms with Crippen molar-refractivity contribution in [3.05, 3.63) is 89.3 Å². The van der Waals surface area contributed by atoms with E-state index >= 15 is 0 Å². The van der Waals surface area contributed by atoms with Gasteiger partial charge in [0.2, 0.25) is 0 Å². The van der Waals surface area contributed by atoms with Crippen LogP contribution in [0.2, 0.25) is 10.0 Å². The minimum Gasteiger partial charge on any atom is -0.491 e. The number of para-hydroxylation sites is 1. The number of halogens is 2. The van der Waals surface area contributed by atoms with Crippen molar-refractivity contribution in [3.8, 4) is 45.5 Å². The molecule has 162 valence electrons. The minimum absolute atomic E-state index is 0.549. The summed E-state index contributed by atoms with van der Waals surface area (Å²) in [4.78, 5) is 9.43. The lowest BCUT2D eigenvalue weighted by Crippen LogP contribution is -2.04. The summed E-state index contributed by atoms with van der Waals surface area (Å²) < 4.78 is 9.82. The lowest BCUT2D eigenvalue weighted by molar-refractivity contribution is 0.306. The SMILES string of the molecule is Clc1ccc(-c2ccc3c(c2)-c2nc(-c4ncnn4-c4ccccc4Cl)cn2CCO3)cc1. The number of hydrogen-bond acceptors (Lipinski definition) is 4. The number of imidazole rings is 1. The normalized spacial score (nSPS) is 12.5. The Bertz CT molecular complexity index is 1470. The van der Waals surface area contributed by atoms with E-state index in [9.17, 15) is 0 Å². The highest BCUT2D eigenvalue weighted by molar-refractivity contribution is 6.32. The molecule has 0 atom stereocenters. The van der Waals surface area contributed by atoms with Crippen molar-refractivity contribution < 1.29 is 4.74 Å². The van der Waals surface area contributed by atoms with Crippen LogP contribution in [0.15, 0.2) is 79.3 Å². The molecule has 0 fully saturated rings. The molecule has 2 aromatic heterocycles. The van der Waals surface area contributed by atoms with Crippen molar-refractivity contribution in [3.63, 3.8) is 0 Å². The van der Waals surface area contributed by atoms with Crippen LogP contribution in [0.4, 0.5) is 0 Å². The van der Waals surface area contributed by atoms with E-state index in [-0.39, 0.29) is 0 Å². The first-order valence-corrected chi connectivity index (χ1v) is 11.2. The third kappa shape index (κ3) is 3.57. The number of nitrogens with zero attached hydrogens (tertiary/aromatic N) is 5. The van der Waals surface area contributed by atoms with Crippen molar-refractivity contribution in [1.82, 2.24) is 24.3 Å². The first kappa shape index (κ1) is 20.0. The Labute approximate surface area is 200 Å². The first-order valence-electron chi connectivity index (χ1n) is 10.4. The van der Waals surface area contributed by atoms with Crippen LogP contribution in [0.1, 0.15) is 0 Å². The molecule has 0 radical (unpaired) electrons. The molecule has 5 aromatic rings. The van der Waals surface area contributed by atoms with Crippen LogP contribution in [0.3, 0.4) is 0 Å². The zero-order chi connectivity index (χ0) is 22.4. The monoisotopic (exact) mass is 473 g/mol. The molecule has 6 nitrogen and oxygen atoms in total. The maximum absolute atomic E-state index is 6.41. The molecular formula is C25H17Cl2N5O. The van der Waals surface area contributed by atoms with Gasteiger partial charge in [-0.05, 0) is 47.5 Å². The van der Waals surface area contributed by atoms with E-state index in [0.717, 1.165) is 34.0 Å². The van der Waals surface area contributed by atoms with Gasteiger partial charge in [0.15, 0.2) is 5.82 Å². The number of ether oxygens (including phenoxy) is 1. The number of fused-ring (bicyclic) bond motifs is 3. The molecule has 0 aliphatic carbocycles. The standard InChI is InChI=1S/C25H17Cl2N5O/c26-18-8-5-16(6-9-18)17-7-10-23-19(13-17)24-30-21(14-31(24)11-12-33-23)25-28-15-29-32(25)22-4-2-1-3-20(22)27/h1-10,13-15H,11-12H2. The van der Waals surface area contributed by atoms with Gasteiger partial charge in [-0.3, -0.25) is 0 Å². The van der Waals surface area contributed by atoms with Gasteiger partial charge in [0.25, 0.3) is 0 Å². The molecule has 3 heterocycles. The third-order valence-corrected chi connectivity index (χ3v) is 6.19. The smallest absolute Gasteiger partial charge is 0.183 e. The van der Waals surface area contributed by atoms with Crippen molar-refractivity contribution in [1.29, 1.82) is 0 Å². The molecular weight excluding hydrogens is 457 g/mol. The average molecular weight is 474 g/mol. The first-order chi connectivity index (χ1) is 16.2. The Morgan fingerprint density at radius 3 is 2.55 bits per heavy atom. The Morgan fingerprint density at radius 2 is 1.70 bits per heavy atom. The molecule has 3 aromatic carbocycles. The zero-order valence-corrected chi connectivity index (χ0v) is 18.8. The van der Waals surface area contributed by atoms with Gasteiger partial charge in [-0.1, -0.05) is 53.5 Å². The van der Waals surface area contributed by atoms with Crippen LogP contribution < -0.4 is 4.74 Å². The van der Waals surface area contributed by atoms with Crippen molar-refractivity contribution in [2.45, 2.75) is 6.54 Å². The molecule has 1 aliphatic heterocycles. The van der Waals surface area contributed by atoms with Crippen LogP contribution in [-0.2, 0) is 6.54 Å². The summed E-state index contributed by atoms with van der Waals surface area (Å²) in [6.07, 6.45) is 3.50. The highest BCUT2D eigenvalue weighted by Gasteiger charge is 2.22. The Hall–Kier alpha value is -3.61. The molecule has 1 aliphatic rings. The highest BCUT2D eigenvalue weighted by atomic mass is 35.5. The summed E-state index contributed by atoms with van der Waals surface area (Å²) in [6.45, 7) is 1.22. The second-order valence-electron chi connectivity index (χ2n) is 7.66. The van der Waals surface area contributed by atoms with Gasteiger partial charge in [-0.2, -0.15) is 5.10 Å². The van der Waals surface area contributed by atoms with Gasteiger partial charge < -0.3 is 9.30 Å². The molecule has 0 saturated carbocycles. The number of aromatic nitrogens is 5. The Kier molecular flexibility index (Phi) is 4.89. The fourth-order valence-electron chi connectivity index (χ4n) is 4.03. The van der Waals surface area contributed by atoms with E-state index in [4.69, 9.17) is 32.9 Å². The summed E-state index contributed by atoms with van der Waals surface area (Å²) in [7, 11) is 0. The summed E-state index contributed by atoms with van der Waals surface area (Å²) in [5.41, 5.74) is 4.53. The molecule has 0 amide bonds. The summed E-state index contributed by atoms with van der Waals surface area (Å²) in [5, 5.41) is 5.69. The number of hydrogen-bond donors (Lipinski definition) is 0. The lowest BCUT2D eigenvalue weighted by Gasteiger charge is -2.09. The van der Waals surface area contributed by atoms with Crippen LogP contribution >= 0.6 is 23.2 Å². The molecule has 33 heavy (non-hydrogen) atoms. The van der Waals surface area contributed by atoms with Gasteiger partial charge in [0.05, 0.1) is 22.8 Å². The van der Waals surface area contributed by atoms with E-state index in [1.807, 2.05) is 60.8 Å². The van der Waals surface area contributed by atoms with E-state index in [1.54, 1.807) is 4.68 Å². The van der Waals surface area contributed by atoms with E-state index < -0.39 is 0 Å². The topological polar surface area (TPSA) is 57.8 Å². The van der Waals surface area contributed by atoms with Crippen molar-refractivity contribution in [2.24, 2.45) is 0 Å². The molecule has 0 N–H and O–H groups in total. The van der Waals surface area contributed by atoms with E-state index in [2.05, 4.69) is 26.8 Å². The van der Waals surface area contributed by atoms with Crippen molar-refractivity contribution >= 4 is 23.2 Å². The molecule has 0 spiro atoms. The summed E-state index contributed by atoms with van der Waals surface area (Å²) >= 11 is 12.5. The van der Waals surface area contributed by atoms with Crippen LogP contribution in [0.5, 0.6) is 5.75 Å². The van der Waals surface area contributed by atoms with Crippen LogP contribution in [0.25, 0.3) is 39.7 Å². The Morgan fingerprint density at radius 1 is 0.879 bits per heavy atom. The summed E-state index contributed by atoms with van der Waals surface area (Å²) in [6, 6.07) is 21.5. The van der Waals surface area contributed by atoms with Gasteiger partial charge in [-0.15, -0.1) is 0 Å². The summed E-state index contributed by atoms with van der Waals surface area (Å²) in [5.74, 6) is 2.25. The highest BCUT2D eigenvalue weighted by Crippen LogP contribution is 2.37. The predicted octanol–water partition coefficient (Wildman–Crippen LogP) is 6.16. The van der Waals surface area contributed by atoms with Crippen LogP contribution in [0, 0.1) is 0 Å². The number of benzene rings is 3. The quantitative estimate of drug-likeness (QED) is 0.314. The second kappa shape index (κ2) is 8.06. The Balaban J connectivity index is 1.47. The van der Waals surface area contributed by atoms with Gasteiger partial charge in [-0.25, -0.2) is 14.6 Å². The molecule has 8 heteroatoms. The maximum Gasteiger partial charge on any atom is 0.183 e. The van der Waals surface area contributed by atoms with Gasteiger partial charge in [0.1, 0.15) is 30.2 Å². The maximum atomic E-state index is 6.41. The van der Waals surface area contributed by atoms with E-state index in [0.29, 0.717) is 34.7 Å². The molecule has 0 saturated heterocycles. The molecule has 0 bridgehead atoms. The fraction of sp³-hybridized carbons (Fsp3) is 0.0800. The molecule has 0 unspecified atom stereocenters. The lowest BCUT2D eigenvalue weighted by atomic mass is 10.0. The number of rotatable bonds is 3. The van der Waals surface area contributed by atoms with Gasteiger partial charge in [0, 0.05) is 11.2 Å². The van der Waals surface area contributed by atoms with Crippen molar-refractivity contribution in [2.75, 3.05) is 6.61 Å². The predicted molar refractivity (Wildman–Crippen MR) is 129 cm³/mol. The minimum atomic E-state index is 0.549. The van der Waals surface area contributed by atoms with E-state index in [1.165, 1.54) is 6.33 Å². The zero-order valence-electron chi connectivity index (χ0n) is 17.3. The fourth-order valence-corrected chi connectivity index (χ4v) is 4.37. The molecule has 6 rings (SSSR count). The largest absolute Gasteiger partial charge is 0.491 e. The third-order valence-electron chi connectivity index (χ3n) is 5.62.